The molecule has 3 heteroatoms. The average Bonchev–Trinajstić information content (AvgIpc) is 1.78. The molecule has 0 saturated carbocycles. The lowest BCUT2D eigenvalue weighted by molar-refractivity contribution is 0.548. The van der Waals surface area contributed by atoms with Crippen LogP contribution in [0.1, 0.15) is 32.0 Å². The molecule has 0 radical (unpaired) electrons. The van der Waals surface area contributed by atoms with Gasteiger partial charge in [0.15, 0.2) is 0 Å². The molecule has 1 aromatic rings. The van der Waals surface area contributed by atoms with Gasteiger partial charge < -0.3 is 0 Å². The second-order valence-electron chi connectivity index (χ2n) is 4.14. The molecule has 13 heavy (non-hydrogen) atoms. The SMILES string of the molecule is Cc1nc(F)cc(Br)c1C(C)(C)C. The van der Waals surface area contributed by atoms with Crippen LogP contribution in [0, 0.1) is 12.9 Å². The van der Waals surface area contributed by atoms with Crippen molar-refractivity contribution >= 4 is 15.9 Å². The van der Waals surface area contributed by atoms with Crippen molar-refractivity contribution in [3.8, 4) is 0 Å². The molecule has 0 aliphatic rings. The number of hydrogen-bond donors (Lipinski definition) is 0. The van der Waals surface area contributed by atoms with Gasteiger partial charge in [-0.2, -0.15) is 4.39 Å². The Morgan fingerprint density at radius 1 is 1.38 bits per heavy atom. The molecule has 0 aromatic carbocycles. The van der Waals surface area contributed by atoms with E-state index in [1.54, 1.807) is 0 Å². The van der Waals surface area contributed by atoms with Crippen molar-refractivity contribution in [2.45, 2.75) is 33.1 Å². The fourth-order valence-electron chi connectivity index (χ4n) is 1.50. The highest BCUT2D eigenvalue weighted by molar-refractivity contribution is 9.10. The molecule has 0 saturated heterocycles. The number of aryl methyl sites for hydroxylation is 1. The second-order valence-corrected chi connectivity index (χ2v) is 4.99. The van der Waals surface area contributed by atoms with E-state index in [1.165, 1.54) is 6.07 Å². The fourth-order valence-corrected chi connectivity index (χ4v) is 2.57. The first-order chi connectivity index (χ1) is 5.82. The van der Waals surface area contributed by atoms with Crippen LogP contribution in [-0.4, -0.2) is 4.98 Å². The summed E-state index contributed by atoms with van der Waals surface area (Å²) in [6.07, 6.45) is 0. The summed E-state index contributed by atoms with van der Waals surface area (Å²) in [5.41, 5.74) is 1.80. The van der Waals surface area contributed by atoms with E-state index in [0.717, 1.165) is 15.7 Å². The molecule has 0 aliphatic carbocycles. The third-order valence-electron chi connectivity index (χ3n) is 1.87. The molecular weight excluding hydrogens is 233 g/mol. The smallest absolute Gasteiger partial charge is 0.214 e. The molecule has 0 N–H and O–H groups in total. The lowest BCUT2D eigenvalue weighted by atomic mass is 9.86. The van der Waals surface area contributed by atoms with E-state index in [9.17, 15) is 4.39 Å². The Morgan fingerprint density at radius 3 is 2.31 bits per heavy atom. The molecule has 0 fully saturated rings. The predicted molar refractivity (Wildman–Crippen MR) is 55.3 cm³/mol. The molecule has 1 nitrogen and oxygen atoms in total. The van der Waals surface area contributed by atoms with Gasteiger partial charge in [0.25, 0.3) is 0 Å². The summed E-state index contributed by atoms with van der Waals surface area (Å²) < 4.78 is 13.7. The summed E-state index contributed by atoms with van der Waals surface area (Å²) in [6, 6.07) is 1.41. The van der Waals surface area contributed by atoms with Crippen molar-refractivity contribution in [2.75, 3.05) is 0 Å². The number of pyridine rings is 1. The number of hydrogen-bond acceptors (Lipinski definition) is 1. The summed E-state index contributed by atoms with van der Waals surface area (Å²) in [7, 11) is 0. The Bertz CT molecular complexity index is 305. The minimum Gasteiger partial charge on any atom is -0.225 e. The van der Waals surface area contributed by atoms with E-state index in [4.69, 9.17) is 0 Å². The Hall–Kier alpha value is -0.440. The van der Waals surface area contributed by atoms with Crippen LogP contribution >= 0.6 is 15.9 Å². The second kappa shape index (κ2) is 3.37. The highest BCUT2D eigenvalue weighted by Gasteiger charge is 2.20. The molecule has 0 aliphatic heterocycles. The van der Waals surface area contributed by atoms with E-state index in [0.29, 0.717) is 0 Å². The molecule has 0 bridgehead atoms. The van der Waals surface area contributed by atoms with E-state index >= 15 is 0 Å². The molecule has 1 aromatic heterocycles. The lowest BCUT2D eigenvalue weighted by Crippen LogP contribution is -2.15. The van der Waals surface area contributed by atoms with Gasteiger partial charge in [-0.1, -0.05) is 36.7 Å². The van der Waals surface area contributed by atoms with Crippen LogP contribution in [0.2, 0.25) is 0 Å². The highest BCUT2D eigenvalue weighted by Crippen LogP contribution is 2.31. The van der Waals surface area contributed by atoms with Crippen LogP contribution < -0.4 is 0 Å². The van der Waals surface area contributed by atoms with Crippen molar-refractivity contribution in [1.82, 2.24) is 4.98 Å². The van der Waals surface area contributed by atoms with Crippen molar-refractivity contribution in [3.63, 3.8) is 0 Å². The van der Waals surface area contributed by atoms with E-state index < -0.39 is 5.95 Å². The van der Waals surface area contributed by atoms with Gasteiger partial charge in [-0.25, -0.2) is 4.98 Å². The van der Waals surface area contributed by atoms with E-state index in [2.05, 4.69) is 41.7 Å². The Kier molecular flexibility index (Phi) is 2.76. The highest BCUT2D eigenvalue weighted by atomic mass is 79.9. The van der Waals surface area contributed by atoms with Gasteiger partial charge in [-0.3, -0.25) is 0 Å². The number of rotatable bonds is 0. The zero-order valence-corrected chi connectivity index (χ0v) is 9.87. The van der Waals surface area contributed by atoms with Gasteiger partial charge >= 0.3 is 0 Å². The first-order valence-electron chi connectivity index (χ1n) is 4.15. The van der Waals surface area contributed by atoms with Gasteiger partial charge in [0.1, 0.15) is 0 Å². The number of aromatic nitrogens is 1. The predicted octanol–water partition coefficient (Wildman–Crippen LogP) is 3.59. The molecular formula is C10H13BrFN. The number of halogens is 2. The lowest BCUT2D eigenvalue weighted by Gasteiger charge is -2.22. The van der Waals surface area contributed by atoms with Gasteiger partial charge in [0.2, 0.25) is 5.95 Å². The minimum atomic E-state index is -0.433. The van der Waals surface area contributed by atoms with Crippen LogP contribution in [0.4, 0.5) is 4.39 Å². The molecule has 0 atom stereocenters. The normalized spacial score (nSPS) is 11.8. The largest absolute Gasteiger partial charge is 0.225 e. The van der Waals surface area contributed by atoms with Crippen LogP contribution in [-0.2, 0) is 5.41 Å². The molecule has 72 valence electrons. The van der Waals surface area contributed by atoms with Gasteiger partial charge in [-0.15, -0.1) is 0 Å². The van der Waals surface area contributed by atoms with Crippen molar-refractivity contribution in [3.05, 3.63) is 27.7 Å². The van der Waals surface area contributed by atoms with Crippen LogP contribution in [0.3, 0.4) is 0 Å². The van der Waals surface area contributed by atoms with Crippen molar-refractivity contribution < 1.29 is 4.39 Å². The Morgan fingerprint density at radius 2 is 1.92 bits per heavy atom. The van der Waals surface area contributed by atoms with Crippen molar-refractivity contribution in [2.24, 2.45) is 0 Å². The first kappa shape index (κ1) is 10.6. The molecule has 0 unspecified atom stereocenters. The Labute approximate surface area is 86.5 Å². The van der Waals surface area contributed by atoms with E-state index in [-0.39, 0.29) is 5.41 Å². The molecule has 0 amide bonds. The molecule has 1 heterocycles. The Balaban J connectivity index is 3.38. The van der Waals surface area contributed by atoms with Crippen molar-refractivity contribution in [1.29, 1.82) is 0 Å². The summed E-state index contributed by atoms with van der Waals surface area (Å²) in [4.78, 5) is 3.80. The van der Waals surface area contributed by atoms with Crippen LogP contribution in [0.25, 0.3) is 0 Å². The minimum absolute atomic E-state index is 0.0103. The average molecular weight is 246 g/mol. The maximum atomic E-state index is 12.9. The summed E-state index contributed by atoms with van der Waals surface area (Å²) >= 11 is 3.35. The monoisotopic (exact) mass is 245 g/mol. The summed E-state index contributed by atoms with van der Waals surface area (Å²) in [5.74, 6) is -0.433. The summed E-state index contributed by atoms with van der Waals surface area (Å²) in [6.45, 7) is 8.08. The standard InChI is InChI=1S/C10H13BrFN/c1-6-9(10(2,3)4)7(11)5-8(12)13-6/h5H,1-4H3. The maximum Gasteiger partial charge on any atom is 0.214 e. The van der Waals surface area contributed by atoms with Gasteiger partial charge in [-0.05, 0) is 17.9 Å². The van der Waals surface area contributed by atoms with E-state index in [1.807, 2.05) is 6.92 Å². The molecule has 0 spiro atoms. The quantitative estimate of drug-likeness (QED) is 0.637. The zero-order chi connectivity index (χ0) is 10.2. The zero-order valence-electron chi connectivity index (χ0n) is 8.28. The topological polar surface area (TPSA) is 12.9 Å². The number of nitrogens with zero attached hydrogens (tertiary/aromatic N) is 1. The third-order valence-corrected chi connectivity index (χ3v) is 2.50. The first-order valence-corrected chi connectivity index (χ1v) is 4.95. The molecule has 1 rings (SSSR count). The summed E-state index contributed by atoms with van der Waals surface area (Å²) in [5, 5.41) is 0. The maximum absolute atomic E-state index is 12.9. The van der Waals surface area contributed by atoms with Crippen LogP contribution in [0.15, 0.2) is 10.5 Å². The van der Waals surface area contributed by atoms with Crippen LogP contribution in [0.5, 0.6) is 0 Å². The third kappa shape index (κ3) is 2.27. The van der Waals surface area contributed by atoms with Gasteiger partial charge in [0.05, 0.1) is 0 Å². The van der Waals surface area contributed by atoms with Gasteiger partial charge in [0, 0.05) is 16.2 Å². The fraction of sp³-hybridized carbons (Fsp3) is 0.500.